The maximum atomic E-state index is 13.3. The van der Waals surface area contributed by atoms with E-state index in [4.69, 9.17) is 0 Å². The van der Waals surface area contributed by atoms with Crippen molar-refractivity contribution in [3.8, 4) is 0 Å². The lowest BCUT2D eigenvalue weighted by Crippen LogP contribution is -2.58. The molecule has 5 nitrogen and oxygen atoms in total. The van der Waals surface area contributed by atoms with Crippen LogP contribution in [0.25, 0.3) is 0 Å². The monoisotopic (exact) mass is 394 g/mol. The summed E-state index contributed by atoms with van der Waals surface area (Å²) in [6.07, 6.45) is 9.90. The topological polar surface area (TPSA) is 41.4 Å². The fourth-order valence-electron chi connectivity index (χ4n) is 5.45. The van der Waals surface area contributed by atoms with E-state index in [0.29, 0.717) is 30.3 Å². The van der Waals surface area contributed by atoms with E-state index in [0.717, 1.165) is 44.7 Å². The number of carbonyl (C=O) groups is 1. The molecule has 1 amide bonds. The number of imidazole rings is 1. The van der Waals surface area contributed by atoms with Crippen LogP contribution in [0.2, 0.25) is 0 Å². The first-order chi connectivity index (χ1) is 14.2. The first kappa shape index (κ1) is 20.1. The first-order valence-electron chi connectivity index (χ1n) is 11.2. The molecule has 2 fully saturated rings. The molecule has 0 aliphatic carbocycles. The maximum Gasteiger partial charge on any atom is 0.224 e. The van der Waals surface area contributed by atoms with Gasteiger partial charge >= 0.3 is 0 Å². The number of hydrogen-bond acceptors (Lipinski definition) is 3. The van der Waals surface area contributed by atoms with E-state index < -0.39 is 0 Å². The number of hydrogen-bond donors (Lipinski definition) is 0. The molecule has 3 heterocycles. The Labute approximate surface area is 174 Å². The molecule has 2 saturated heterocycles. The van der Waals surface area contributed by atoms with Crippen molar-refractivity contribution in [3.05, 3.63) is 54.1 Å². The average Bonchev–Trinajstić information content (AvgIpc) is 3.13. The SMILES string of the molecule is CCc1nccn1CCC(=O)N1CC[C@H](c2ccccc2)[C@@H]2[C@H]1CCCCN2C. The van der Waals surface area contributed by atoms with E-state index in [-0.39, 0.29) is 0 Å². The summed E-state index contributed by atoms with van der Waals surface area (Å²) < 4.78 is 2.13. The molecule has 2 aliphatic rings. The third-order valence-corrected chi connectivity index (χ3v) is 6.89. The van der Waals surface area contributed by atoms with Gasteiger partial charge in [0.05, 0.1) is 0 Å². The van der Waals surface area contributed by atoms with E-state index in [9.17, 15) is 4.79 Å². The lowest BCUT2D eigenvalue weighted by molar-refractivity contribution is -0.137. The van der Waals surface area contributed by atoms with E-state index in [1.54, 1.807) is 0 Å². The van der Waals surface area contributed by atoms with Crippen LogP contribution in [0.3, 0.4) is 0 Å². The number of amides is 1. The quantitative estimate of drug-likeness (QED) is 0.776. The number of benzene rings is 1. The molecule has 29 heavy (non-hydrogen) atoms. The van der Waals surface area contributed by atoms with Crippen LogP contribution in [0.1, 0.15) is 56.3 Å². The maximum absolute atomic E-state index is 13.3. The summed E-state index contributed by atoms with van der Waals surface area (Å²) in [6, 6.07) is 11.7. The summed E-state index contributed by atoms with van der Waals surface area (Å²) in [5.74, 6) is 1.87. The fraction of sp³-hybridized carbons (Fsp3) is 0.583. The standard InChI is InChI=1S/C24H34N4O/c1-3-22-25-14-18-27(22)16-13-23(29)28-17-12-20(19-9-5-4-6-10-19)24-21(28)11-7-8-15-26(24)2/h4-6,9-10,14,18,20-21,24H,3,7-8,11-13,15-17H2,1-2H3/t20-,21-,24-/m1/s1. The zero-order valence-corrected chi connectivity index (χ0v) is 17.8. The summed E-state index contributed by atoms with van der Waals surface area (Å²) in [5, 5.41) is 0. The zero-order chi connectivity index (χ0) is 20.2. The summed E-state index contributed by atoms with van der Waals surface area (Å²) in [6.45, 7) is 4.84. The van der Waals surface area contributed by atoms with Gasteiger partial charge in [0.25, 0.3) is 0 Å². The highest BCUT2D eigenvalue weighted by Gasteiger charge is 2.43. The van der Waals surface area contributed by atoms with Crippen molar-refractivity contribution in [1.82, 2.24) is 19.4 Å². The van der Waals surface area contributed by atoms with Crippen LogP contribution in [-0.2, 0) is 17.8 Å². The Morgan fingerprint density at radius 1 is 1.14 bits per heavy atom. The lowest BCUT2D eigenvalue weighted by atomic mass is 9.79. The second-order valence-electron chi connectivity index (χ2n) is 8.57. The van der Waals surface area contributed by atoms with E-state index in [1.165, 1.54) is 18.4 Å². The van der Waals surface area contributed by atoms with Gasteiger partial charge in [-0.3, -0.25) is 4.79 Å². The molecule has 4 rings (SSSR count). The molecule has 2 aromatic rings. The van der Waals surface area contributed by atoms with Crippen molar-refractivity contribution in [2.24, 2.45) is 0 Å². The van der Waals surface area contributed by atoms with Crippen LogP contribution in [0.4, 0.5) is 0 Å². The van der Waals surface area contributed by atoms with Gasteiger partial charge in [-0.15, -0.1) is 0 Å². The molecule has 0 saturated carbocycles. The number of fused-ring (bicyclic) bond motifs is 1. The largest absolute Gasteiger partial charge is 0.338 e. The van der Waals surface area contributed by atoms with Crippen LogP contribution in [0.5, 0.6) is 0 Å². The molecule has 3 atom stereocenters. The van der Waals surface area contributed by atoms with Crippen molar-refractivity contribution in [3.63, 3.8) is 0 Å². The second-order valence-corrected chi connectivity index (χ2v) is 8.57. The second kappa shape index (κ2) is 9.12. The van der Waals surface area contributed by atoms with Gasteiger partial charge in [0, 0.05) is 56.3 Å². The van der Waals surface area contributed by atoms with Gasteiger partial charge in [0.1, 0.15) is 5.82 Å². The summed E-state index contributed by atoms with van der Waals surface area (Å²) in [7, 11) is 2.26. The molecule has 156 valence electrons. The molecule has 0 radical (unpaired) electrons. The molecule has 1 aromatic carbocycles. The number of piperidine rings is 1. The lowest BCUT2D eigenvalue weighted by Gasteiger charge is -2.48. The van der Waals surface area contributed by atoms with Gasteiger partial charge in [-0.2, -0.15) is 0 Å². The molecular weight excluding hydrogens is 360 g/mol. The fourth-order valence-corrected chi connectivity index (χ4v) is 5.45. The Bertz CT molecular complexity index is 802. The minimum atomic E-state index is 0.303. The molecule has 0 unspecified atom stereocenters. The Hall–Kier alpha value is -2.14. The van der Waals surface area contributed by atoms with Gasteiger partial charge in [-0.25, -0.2) is 4.98 Å². The van der Waals surface area contributed by atoms with E-state index in [2.05, 4.69) is 63.7 Å². The van der Waals surface area contributed by atoms with Gasteiger partial charge in [0.2, 0.25) is 5.91 Å². The third-order valence-electron chi connectivity index (χ3n) is 6.89. The van der Waals surface area contributed by atoms with Crippen molar-refractivity contribution in [2.45, 2.75) is 70.0 Å². The van der Waals surface area contributed by atoms with Gasteiger partial charge < -0.3 is 14.4 Å². The van der Waals surface area contributed by atoms with Crippen LogP contribution in [-0.4, -0.2) is 57.5 Å². The number of aryl methyl sites for hydroxylation is 2. The third kappa shape index (κ3) is 4.25. The predicted octanol–water partition coefficient (Wildman–Crippen LogP) is 3.70. The normalized spacial score (nSPS) is 25.4. The van der Waals surface area contributed by atoms with Crippen LogP contribution in [0, 0.1) is 0 Å². The van der Waals surface area contributed by atoms with Gasteiger partial charge in [0.15, 0.2) is 0 Å². The summed E-state index contributed by atoms with van der Waals surface area (Å²) in [4.78, 5) is 22.4. The van der Waals surface area contributed by atoms with Crippen molar-refractivity contribution < 1.29 is 4.79 Å². The average molecular weight is 395 g/mol. The Kier molecular flexibility index (Phi) is 6.34. The van der Waals surface area contributed by atoms with Gasteiger partial charge in [-0.05, 0) is 38.4 Å². The molecule has 0 spiro atoms. The highest BCUT2D eigenvalue weighted by atomic mass is 16.2. The van der Waals surface area contributed by atoms with Crippen molar-refractivity contribution >= 4 is 5.91 Å². The summed E-state index contributed by atoms with van der Waals surface area (Å²) in [5.41, 5.74) is 1.43. The number of carbonyl (C=O) groups excluding carboxylic acids is 1. The molecule has 1 aromatic heterocycles. The Morgan fingerprint density at radius 3 is 2.76 bits per heavy atom. The predicted molar refractivity (Wildman–Crippen MR) is 116 cm³/mol. The Morgan fingerprint density at radius 2 is 1.97 bits per heavy atom. The zero-order valence-electron chi connectivity index (χ0n) is 17.8. The smallest absolute Gasteiger partial charge is 0.224 e. The van der Waals surface area contributed by atoms with Crippen LogP contribution >= 0.6 is 0 Å². The highest BCUT2D eigenvalue weighted by molar-refractivity contribution is 5.76. The molecule has 0 bridgehead atoms. The van der Waals surface area contributed by atoms with Crippen LogP contribution < -0.4 is 0 Å². The minimum Gasteiger partial charge on any atom is -0.338 e. The number of likely N-dealkylation sites (tertiary alicyclic amines) is 2. The van der Waals surface area contributed by atoms with Crippen LogP contribution in [0.15, 0.2) is 42.7 Å². The minimum absolute atomic E-state index is 0.303. The first-order valence-corrected chi connectivity index (χ1v) is 11.2. The number of nitrogens with zero attached hydrogens (tertiary/aromatic N) is 4. The number of aromatic nitrogens is 2. The van der Waals surface area contributed by atoms with Gasteiger partial charge in [-0.1, -0.05) is 43.7 Å². The van der Waals surface area contributed by atoms with E-state index >= 15 is 0 Å². The van der Waals surface area contributed by atoms with Crippen molar-refractivity contribution in [1.29, 1.82) is 0 Å². The number of rotatable bonds is 5. The Balaban J connectivity index is 1.51. The summed E-state index contributed by atoms with van der Waals surface area (Å²) >= 11 is 0. The molecule has 0 N–H and O–H groups in total. The highest BCUT2D eigenvalue weighted by Crippen LogP contribution is 2.38. The molecule has 5 heteroatoms. The molecular formula is C24H34N4O. The molecule has 2 aliphatic heterocycles. The number of likely N-dealkylation sites (N-methyl/N-ethyl adjacent to an activating group) is 1. The van der Waals surface area contributed by atoms with E-state index in [1.807, 2.05) is 12.4 Å². The van der Waals surface area contributed by atoms with Crippen molar-refractivity contribution in [2.75, 3.05) is 20.1 Å².